The zero-order valence-corrected chi connectivity index (χ0v) is 17.0. The number of sulfonamides is 1. The van der Waals surface area contributed by atoms with E-state index in [1.54, 1.807) is 24.3 Å². The molecule has 1 fully saturated rings. The van der Waals surface area contributed by atoms with Gasteiger partial charge in [0.1, 0.15) is 0 Å². The Morgan fingerprint density at radius 3 is 2.39 bits per heavy atom. The van der Waals surface area contributed by atoms with Gasteiger partial charge in [-0.25, -0.2) is 8.42 Å². The van der Waals surface area contributed by atoms with Crippen molar-refractivity contribution in [2.24, 2.45) is 0 Å². The van der Waals surface area contributed by atoms with Crippen LogP contribution in [0, 0.1) is 6.92 Å². The maximum absolute atomic E-state index is 12.6. The summed E-state index contributed by atoms with van der Waals surface area (Å²) in [7, 11) is -3.42. The number of carbonyl (C=O) groups is 1. The minimum absolute atomic E-state index is 0.0101. The lowest BCUT2D eigenvalue weighted by molar-refractivity contribution is -0.120. The summed E-state index contributed by atoms with van der Waals surface area (Å²) in [5, 5.41) is 2.95. The second kappa shape index (κ2) is 9.32. The van der Waals surface area contributed by atoms with Crippen LogP contribution in [0.25, 0.3) is 0 Å². The van der Waals surface area contributed by atoms with Crippen LogP contribution in [0.1, 0.15) is 11.1 Å². The van der Waals surface area contributed by atoms with Gasteiger partial charge in [-0.2, -0.15) is 4.31 Å². The SMILES string of the molecule is Cc1cccc(CC(=O)NCCN2CCN(S(=O)(=O)c3ccccc3)CC2)c1. The predicted molar refractivity (Wildman–Crippen MR) is 110 cm³/mol. The van der Waals surface area contributed by atoms with Crippen LogP contribution < -0.4 is 5.32 Å². The van der Waals surface area contributed by atoms with Crippen molar-refractivity contribution in [1.29, 1.82) is 0 Å². The zero-order valence-electron chi connectivity index (χ0n) is 16.2. The van der Waals surface area contributed by atoms with Crippen LogP contribution in [-0.2, 0) is 21.2 Å². The third kappa shape index (κ3) is 5.41. The summed E-state index contributed by atoms with van der Waals surface area (Å²) in [5.74, 6) is 0.0101. The van der Waals surface area contributed by atoms with Gasteiger partial charge in [0.15, 0.2) is 0 Å². The Kier molecular flexibility index (Phi) is 6.83. The number of nitrogens with zero attached hydrogens (tertiary/aromatic N) is 2. The number of piperazine rings is 1. The minimum Gasteiger partial charge on any atom is -0.355 e. The Labute approximate surface area is 167 Å². The number of hydrogen-bond donors (Lipinski definition) is 1. The van der Waals surface area contributed by atoms with E-state index in [0.29, 0.717) is 44.0 Å². The Hall–Kier alpha value is -2.22. The average molecular weight is 402 g/mol. The third-order valence-electron chi connectivity index (χ3n) is 4.91. The van der Waals surface area contributed by atoms with Crippen molar-refractivity contribution in [3.8, 4) is 0 Å². The molecule has 0 atom stereocenters. The van der Waals surface area contributed by atoms with E-state index in [2.05, 4.69) is 10.2 Å². The first-order valence-corrected chi connectivity index (χ1v) is 11.0. The summed E-state index contributed by atoms with van der Waals surface area (Å²) < 4.78 is 26.8. The molecule has 0 radical (unpaired) electrons. The van der Waals surface area contributed by atoms with Gasteiger partial charge in [0.25, 0.3) is 0 Å². The minimum atomic E-state index is -3.42. The van der Waals surface area contributed by atoms with Crippen LogP contribution in [0.2, 0.25) is 0 Å². The molecule has 0 aromatic heterocycles. The molecule has 6 nitrogen and oxygen atoms in total. The normalized spacial score (nSPS) is 16.0. The highest BCUT2D eigenvalue weighted by atomic mass is 32.2. The number of carbonyl (C=O) groups excluding carboxylic acids is 1. The number of hydrogen-bond acceptors (Lipinski definition) is 4. The molecular weight excluding hydrogens is 374 g/mol. The van der Waals surface area contributed by atoms with Crippen molar-refractivity contribution in [1.82, 2.24) is 14.5 Å². The lowest BCUT2D eigenvalue weighted by Crippen LogP contribution is -2.50. The van der Waals surface area contributed by atoms with E-state index in [1.165, 1.54) is 4.31 Å². The molecule has 1 heterocycles. The maximum Gasteiger partial charge on any atom is 0.243 e. The Bertz CT molecular complexity index is 892. The van der Waals surface area contributed by atoms with Crippen molar-refractivity contribution in [3.63, 3.8) is 0 Å². The molecule has 1 amide bonds. The number of benzene rings is 2. The van der Waals surface area contributed by atoms with Crippen LogP contribution in [0.5, 0.6) is 0 Å². The molecule has 1 aliphatic heterocycles. The van der Waals surface area contributed by atoms with Gasteiger partial charge in [-0.05, 0) is 24.6 Å². The second-order valence-electron chi connectivity index (χ2n) is 7.07. The van der Waals surface area contributed by atoms with E-state index in [1.807, 2.05) is 37.3 Å². The van der Waals surface area contributed by atoms with Gasteiger partial charge in [0.2, 0.25) is 15.9 Å². The summed E-state index contributed by atoms with van der Waals surface area (Å²) in [6, 6.07) is 16.5. The summed E-state index contributed by atoms with van der Waals surface area (Å²) in [6.07, 6.45) is 0.380. The van der Waals surface area contributed by atoms with E-state index in [9.17, 15) is 13.2 Å². The Morgan fingerprint density at radius 2 is 1.71 bits per heavy atom. The van der Waals surface area contributed by atoms with Crippen molar-refractivity contribution < 1.29 is 13.2 Å². The highest BCUT2D eigenvalue weighted by Gasteiger charge is 2.28. The highest BCUT2D eigenvalue weighted by Crippen LogP contribution is 2.17. The van der Waals surface area contributed by atoms with Gasteiger partial charge in [-0.15, -0.1) is 0 Å². The molecule has 1 saturated heterocycles. The van der Waals surface area contributed by atoms with E-state index >= 15 is 0 Å². The molecule has 2 aromatic rings. The van der Waals surface area contributed by atoms with E-state index < -0.39 is 10.0 Å². The lowest BCUT2D eigenvalue weighted by atomic mass is 10.1. The summed E-state index contributed by atoms with van der Waals surface area (Å²) in [6.45, 7) is 5.57. The summed E-state index contributed by atoms with van der Waals surface area (Å²) in [5.41, 5.74) is 2.16. The number of rotatable bonds is 7. The van der Waals surface area contributed by atoms with Crippen molar-refractivity contribution in [3.05, 3.63) is 65.7 Å². The van der Waals surface area contributed by atoms with E-state index in [-0.39, 0.29) is 5.91 Å². The zero-order chi connectivity index (χ0) is 20.0. The number of aryl methyl sites for hydroxylation is 1. The first-order valence-electron chi connectivity index (χ1n) is 9.55. The van der Waals surface area contributed by atoms with Crippen LogP contribution in [0.3, 0.4) is 0 Å². The van der Waals surface area contributed by atoms with Crippen LogP contribution >= 0.6 is 0 Å². The van der Waals surface area contributed by atoms with Crippen molar-refractivity contribution in [2.45, 2.75) is 18.2 Å². The molecule has 28 heavy (non-hydrogen) atoms. The third-order valence-corrected chi connectivity index (χ3v) is 6.82. The van der Waals surface area contributed by atoms with Gasteiger partial charge in [0, 0.05) is 39.3 Å². The van der Waals surface area contributed by atoms with Gasteiger partial charge in [0.05, 0.1) is 11.3 Å². The number of amides is 1. The fourth-order valence-corrected chi connectivity index (χ4v) is 4.80. The molecule has 2 aromatic carbocycles. The first kappa shape index (κ1) is 20.5. The average Bonchev–Trinajstić information content (AvgIpc) is 2.69. The molecule has 0 unspecified atom stereocenters. The smallest absolute Gasteiger partial charge is 0.243 e. The standard InChI is InChI=1S/C21H27N3O3S/c1-18-6-5-7-19(16-18)17-21(25)22-10-11-23-12-14-24(15-13-23)28(26,27)20-8-3-2-4-9-20/h2-9,16H,10-15,17H2,1H3,(H,22,25). The largest absolute Gasteiger partial charge is 0.355 e. The molecule has 0 saturated carbocycles. The first-order chi connectivity index (χ1) is 13.4. The highest BCUT2D eigenvalue weighted by molar-refractivity contribution is 7.89. The maximum atomic E-state index is 12.6. The molecular formula is C21H27N3O3S. The molecule has 1 N–H and O–H groups in total. The van der Waals surface area contributed by atoms with Crippen molar-refractivity contribution in [2.75, 3.05) is 39.3 Å². The fourth-order valence-electron chi connectivity index (χ4n) is 3.36. The Balaban J connectivity index is 1.40. The predicted octanol–water partition coefficient (Wildman–Crippen LogP) is 1.66. The summed E-state index contributed by atoms with van der Waals surface area (Å²) in [4.78, 5) is 14.6. The van der Waals surface area contributed by atoms with E-state index in [0.717, 1.165) is 17.7 Å². The quantitative estimate of drug-likeness (QED) is 0.766. The van der Waals surface area contributed by atoms with Crippen molar-refractivity contribution >= 4 is 15.9 Å². The topological polar surface area (TPSA) is 69.7 Å². The van der Waals surface area contributed by atoms with Crippen LogP contribution in [0.15, 0.2) is 59.5 Å². The number of nitrogens with one attached hydrogen (secondary N) is 1. The molecule has 1 aliphatic rings. The molecule has 0 aliphatic carbocycles. The van der Waals surface area contributed by atoms with Crippen LogP contribution in [0.4, 0.5) is 0 Å². The monoisotopic (exact) mass is 401 g/mol. The van der Waals surface area contributed by atoms with Gasteiger partial charge in [-0.3, -0.25) is 9.69 Å². The van der Waals surface area contributed by atoms with E-state index in [4.69, 9.17) is 0 Å². The van der Waals surface area contributed by atoms with Gasteiger partial charge >= 0.3 is 0 Å². The van der Waals surface area contributed by atoms with Gasteiger partial charge < -0.3 is 5.32 Å². The summed E-state index contributed by atoms with van der Waals surface area (Å²) >= 11 is 0. The lowest BCUT2D eigenvalue weighted by Gasteiger charge is -2.33. The van der Waals surface area contributed by atoms with Gasteiger partial charge in [-0.1, -0.05) is 48.0 Å². The Morgan fingerprint density at radius 1 is 1.00 bits per heavy atom. The van der Waals surface area contributed by atoms with Crippen LogP contribution in [-0.4, -0.2) is 62.8 Å². The molecule has 0 bridgehead atoms. The molecule has 3 rings (SSSR count). The molecule has 0 spiro atoms. The second-order valence-corrected chi connectivity index (χ2v) is 9.01. The fraction of sp³-hybridized carbons (Fsp3) is 0.381. The molecule has 7 heteroatoms. The molecule has 150 valence electrons.